The lowest BCUT2D eigenvalue weighted by Crippen LogP contribution is -2.40. The Kier molecular flexibility index (Phi) is 6.35. The zero-order valence-corrected chi connectivity index (χ0v) is 16.5. The molecule has 1 unspecified atom stereocenters. The molecule has 0 fully saturated rings. The minimum absolute atomic E-state index is 0.0728. The first-order valence-corrected chi connectivity index (χ1v) is 9.75. The zero-order chi connectivity index (χ0) is 20.2. The number of aryl methyl sites for hydroxylation is 1. The first kappa shape index (κ1) is 21.0. The minimum atomic E-state index is -3.87. The number of benzene rings is 2. The molecule has 2 aromatic rings. The monoisotopic (exact) mass is 394 g/mol. The van der Waals surface area contributed by atoms with Gasteiger partial charge in [0.05, 0.1) is 4.90 Å². The molecular formula is C19H23FN2O4S. The van der Waals surface area contributed by atoms with Crippen molar-refractivity contribution in [1.82, 2.24) is 4.72 Å². The van der Waals surface area contributed by atoms with E-state index in [1.165, 1.54) is 32.2 Å². The fourth-order valence-electron chi connectivity index (χ4n) is 2.71. The van der Waals surface area contributed by atoms with Crippen molar-refractivity contribution in [1.29, 1.82) is 0 Å². The van der Waals surface area contributed by atoms with Gasteiger partial charge in [0.2, 0.25) is 15.9 Å². The molecule has 1 amide bonds. The predicted molar refractivity (Wildman–Crippen MR) is 101 cm³/mol. The number of methoxy groups -OCH3 is 1. The Balaban J connectivity index is 2.25. The third-order valence-corrected chi connectivity index (χ3v) is 5.84. The van der Waals surface area contributed by atoms with Crippen molar-refractivity contribution >= 4 is 21.6 Å². The molecule has 0 aromatic heterocycles. The molecule has 146 valence electrons. The number of carbonyl (C=O) groups excluding carboxylic acids is 1. The highest BCUT2D eigenvalue weighted by Crippen LogP contribution is 2.27. The van der Waals surface area contributed by atoms with Crippen LogP contribution in [0.1, 0.15) is 25.0 Å². The lowest BCUT2D eigenvalue weighted by Gasteiger charge is -2.29. The summed E-state index contributed by atoms with van der Waals surface area (Å²) in [6.07, 6.45) is 0. The maximum atomic E-state index is 14.1. The standard InChI is InChI=1S/C19H23FN2O4S/c1-13-11-15(22-14(2)23)9-10-18(13)27(24,25)21-12-19(3,26-4)16-7-5-6-8-17(16)20/h5-11,21H,12H2,1-4H3,(H,22,23). The number of nitrogens with one attached hydrogen (secondary N) is 2. The molecule has 2 aromatic carbocycles. The molecular weight excluding hydrogens is 371 g/mol. The van der Waals surface area contributed by atoms with Gasteiger partial charge < -0.3 is 10.1 Å². The first-order valence-electron chi connectivity index (χ1n) is 8.27. The third-order valence-electron chi connectivity index (χ3n) is 4.28. The highest BCUT2D eigenvalue weighted by Gasteiger charge is 2.31. The summed E-state index contributed by atoms with van der Waals surface area (Å²) in [6.45, 7) is 4.46. The number of ether oxygens (including phenoxy) is 1. The second-order valence-electron chi connectivity index (χ2n) is 6.40. The summed E-state index contributed by atoms with van der Waals surface area (Å²) >= 11 is 0. The summed E-state index contributed by atoms with van der Waals surface area (Å²) in [6, 6.07) is 10.6. The number of sulfonamides is 1. The normalized spacial score (nSPS) is 13.8. The van der Waals surface area contributed by atoms with Gasteiger partial charge in [-0.2, -0.15) is 0 Å². The van der Waals surface area contributed by atoms with E-state index in [4.69, 9.17) is 4.74 Å². The number of rotatable bonds is 7. The number of hydrogen-bond donors (Lipinski definition) is 2. The minimum Gasteiger partial charge on any atom is -0.372 e. The van der Waals surface area contributed by atoms with E-state index in [1.807, 2.05) is 0 Å². The van der Waals surface area contributed by atoms with Crippen molar-refractivity contribution < 1.29 is 22.3 Å². The highest BCUT2D eigenvalue weighted by atomic mass is 32.2. The molecule has 0 aliphatic carbocycles. The third kappa shape index (κ3) is 4.91. The van der Waals surface area contributed by atoms with E-state index in [0.29, 0.717) is 11.3 Å². The lowest BCUT2D eigenvalue weighted by atomic mass is 9.95. The average Bonchev–Trinajstić information content (AvgIpc) is 2.59. The number of hydrogen-bond acceptors (Lipinski definition) is 4. The van der Waals surface area contributed by atoms with Crippen LogP contribution in [0.3, 0.4) is 0 Å². The molecule has 27 heavy (non-hydrogen) atoms. The van der Waals surface area contributed by atoms with Gasteiger partial charge in [0.15, 0.2) is 0 Å². The summed E-state index contributed by atoms with van der Waals surface area (Å²) in [4.78, 5) is 11.2. The second-order valence-corrected chi connectivity index (χ2v) is 8.14. The number of halogens is 1. The van der Waals surface area contributed by atoms with Crippen LogP contribution in [0.2, 0.25) is 0 Å². The van der Waals surface area contributed by atoms with Crippen LogP contribution in [-0.4, -0.2) is 28.0 Å². The van der Waals surface area contributed by atoms with Crippen molar-refractivity contribution in [2.75, 3.05) is 19.0 Å². The van der Waals surface area contributed by atoms with Gasteiger partial charge in [-0.1, -0.05) is 18.2 Å². The summed E-state index contributed by atoms with van der Waals surface area (Å²) in [5.74, 6) is -0.722. The number of carbonyl (C=O) groups is 1. The van der Waals surface area contributed by atoms with Gasteiger partial charge in [-0.25, -0.2) is 17.5 Å². The molecule has 0 aliphatic heterocycles. The van der Waals surface area contributed by atoms with Gasteiger partial charge in [-0.15, -0.1) is 0 Å². The summed E-state index contributed by atoms with van der Waals surface area (Å²) < 4.78 is 47.5. The van der Waals surface area contributed by atoms with Crippen LogP contribution in [0.25, 0.3) is 0 Å². The van der Waals surface area contributed by atoms with Crippen LogP contribution in [-0.2, 0) is 25.2 Å². The van der Waals surface area contributed by atoms with E-state index in [0.717, 1.165) is 0 Å². The molecule has 0 saturated heterocycles. The van der Waals surface area contributed by atoms with Crippen molar-refractivity contribution in [3.05, 3.63) is 59.4 Å². The fourth-order valence-corrected chi connectivity index (χ4v) is 4.06. The van der Waals surface area contributed by atoms with Gasteiger partial charge in [0.1, 0.15) is 11.4 Å². The lowest BCUT2D eigenvalue weighted by molar-refractivity contribution is -0.114. The van der Waals surface area contributed by atoms with E-state index < -0.39 is 21.4 Å². The zero-order valence-electron chi connectivity index (χ0n) is 15.7. The Labute approximate surface area is 158 Å². The van der Waals surface area contributed by atoms with Gasteiger partial charge in [-0.3, -0.25) is 4.79 Å². The maximum Gasteiger partial charge on any atom is 0.240 e. The van der Waals surface area contributed by atoms with Crippen molar-refractivity contribution in [2.45, 2.75) is 31.3 Å². The summed E-state index contributed by atoms with van der Waals surface area (Å²) in [7, 11) is -2.47. The van der Waals surface area contributed by atoms with Gasteiger partial charge in [0, 0.05) is 31.8 Å². The Hall–Kier alpha value is -2.29. The molecule has 8 heteroatoms. The Morgan fingerprint density at radius 1 is 1.22 bits per heavy atom. The smallest absolute Gasteiger partial charge is 0.240 e. The van der Waals surface area contributed by atoms with Gasteiger partial charge in [-0.05, 0) is 43.7 Å². The molecule has 2 rings (SSSR count). The molecule has 6 nitrogen and oxygen atoms in total. The second kappa shape index (κ2) is 8.16. The quantitative estimate of drug-likeness (QED) is 0.756. The number of anilines is 1. The van der Waals surface area contributed by atoms with Gasteiger partial charge >= 0.3 is 0 Å². The largest absolute Gasteiger partial charge is 0.372 e. The van der Waals surface area contributed by atoms with Crippen LogP contribution >= 0.6 is 0 Å². The number of amides is 1. The molecule has 1 atom stereocenters. The first-order chi connectivity index (χ1) is 12.6. The van der Waals surface area contributed by atoms with Crippen LogP contribution in [0, 0.1) is 12.7 Å². The Morgan fingerprint density at radius 3 is 2.44 bits per heavy atom. The van der Waals surface area contributed by atoms with Crippen LogP contribution in [0.5, 0.6) is 0 Å². The van der Waals surface area contributed by atoms with Crippen LogP contribution < -0.4 is 10.0 Å². The SMILES string of the molecule is COC(C)(CNS(=O)(=O)c1ccc(NC(C)=O)cc1C)c1ccccc1F. The van der Waals surface area contributed by atoms with Crippen LogP contribution in [0.4, 0.5) is 10.1 Å². The van der Waals surface area contributed by atoms with E-state index in [1.54, 1.807) is 38.1 Å². The van der Waals surface area contributed by atoms with E-state index >= 15 is 0 Å². The maximum absolute atomic E-state index is 14.1. The van der Waals surface area contributed by atoms with Crippen molar-refractivity contribution in [3.8, 4) is 0 Å². The fraction of sp³-hybridized carbons (Fsp3) is 0.316. The molecule has 0 bridgehead atoms. The van der Waals surface area contributed by atoms with Gasteiger partial charge in [0.25, 0.3) is 0 Å². The Morgan fingerprint density at radius 2 is 1.89 bits per heavy atom. The average molecular weight is 394 g/mol. The molecule has 0 radical (unpaired) electrons. The van der Waals surface area contributed by atoms with Crippen molar-refractivity contribution in [3.63, 3.8) is 0 Å². The topological polar surface area (TPSA) is 84.5 Å². The Bertz CT molecular complexity index is 946. The molecule has 0 spiro atoms. The summed E-state index contributed by atoms with van der Waals surface area (Å²) in [5, 5.41) is 2.60. The molecule has 2 N–H and O–H groups in total. The van der Waals surface area contributed by atoms with Crippen LogP contribution in [0.15, 0.2) is 47.4 Å². The molecule has 0 aliphatic rings. The summed E-state index contributed by atoms with van der Waals surface area (Å²) in [5.41, 5.74) is 0.0568. The van der Waals surface area contributed by atoms with E-state index in [9.17, 15) is 17.6 Å². The highest BCUT2D eigenvalue weighted by molar-refractivity contribution is 7.89. The predicted octanol–water partition coefficient (Wildman–Crippen LogP) is 2.93. The van der Waals surface area contributed by atoms with E-state index in [2.05, 4.69) is 10.0 Å². The molecule has 0 heterocycles. The molecule has 0 saturated carbocycles. The van der Waals surface area contributed by atoms with Crippen molar-refractivity contribution in [2.24, 2.45) is 0 Å². The van der Waals surface area contributed by atoms with E-state index in [-0.39, 0.29) is 22.9 Å².